The van der Waals surface area contributed by atoms with Crippen LogP contribution in [0, 0.1) is 0 Å². The molecular weight excluding hydrogens is 384 g/mol. The van der Waals surface area contributed by atoms with Crippen LogP contribution in [-0.2, 0) is 11.3 Å². The minimum atomic E-state index is -0.472. The van der Waals surface area contributed by atoms with Crippen LogP contribution in [0.1, 0.15) is 33.2 Å². The molecule has 7 heteroatoms. The van der Waals surface area contributed by atoms with E-state index in [9.17, 15) is 19.5 Å². The van der Waals surface area contributed by atoms with Gasteiger partial charge >= 0.3 is 5.97 Å². The quantitative estimate of drug-likeness (QED) is 0.431. The first kappa shape index (κ1) is 20.6. The smallest absolute Gasteiger partial charge is 0.308 e. The molecule has 2 amide bonds. The van der Waals surface area contributed by atoms with Crippen molar-refractivity contribution in [3.05, 3.63) is 89.5 Å². The van der Waals surface area contributed by atoms with Crippen LogP contribution in [0.5, 0.6) is 11.5 Å². The Hall–Kier alpha value is -4.13. The second-order valence-electron chi connectivity index (χ2n) is 6.47. The maximum atomic E-state index is 12.6. The van der Waals surface area contributed by atoms with E-state index in [0.29, 0.717) is 22.4 Å². The normalized spacial score (nSPS) is 10.2. The highest BCUT2D eigenvalue weighted by atomic mass is 16.5. The first-order chi connectivity index (χ1) is 14.4. The number of hydrogen-bond acceptors (Lipinski definition) is 5. The molecule has 3 N–H and O–H groups in total. The Labute approximate surface area is 173 Å². The molecule has 0 unspecified atom stereocenters. The molecule has 0 aliphatic heterocycles. The van der Waals surface area contributed by atoms with Crippen molar-refractivity contribution < 1.29 is 24.2 Å². The number of phenolic OH excluding ortho intramolecular Hbond substituents is 1. The zero-order chi connectivity index (χ0) is 21.5. The summed E-state index contributed by atoms with van der Waals surface area (Å²) in [5, 5.41) is 15.1. The lowest BCUT2D eigenvalue weighted by molar-refractivity contribution is -0.131. The van der Waals surface area contributed by atoms with Gasteiger partial charge in [0.05, 0.1) is 0 Å². The van der Waals surface area contributed by atoms with Gasteiger partial charge in [0.2, 0.25) is 0 Å². The number of rotatable bonds is 6. The Bertz CT molecular complexity index is 1090. The van der Waals surface area contributed by atoms with Crippen molar-refractivity contribution >= 4 is 23.5 Å². The van der Waals surface area contributed by atoms with E-state index in [0.717, 1.165) is 0 Å². The number of hydrogen-bond donors (Lipinski definition) is 3. The van der Waals surface area contributed by atoms with Crippen LogP contribution in [0.15, 0.2) is 72.8 Å². The van der Waals surface area contributed by atoms with Gasteiger partial charge in [-0.05, 0) is 48.0 Å². The highest BCUT2D eigenvalue weighted by Crippen LogP contribution is 2.19. The summed E-state index contributed by atoms with van der Waals surface area (Å²) in [6, 6.07) is 19.4. The molecule has 30 heavy (non-hydrogen) atoms. The van der Waals surface area contributed by atoms with Gasteiger partial charge in [-0.2, -0.15) is 0 Å². The molecule has 0 heterocycles. The average Bonchev–Trinajstić information content (AvgIpc) is 2.72. The van der Waals surface area contributed by atoms with E-state index in [1.54, 1.807) is 54.6 Å². The highest BCUT2D eigenvalue weighted by molar-refractivity contribution is 6.05. The molecule has 152 valence electrons. The van der Waals surface area contributed by atoms with Gasteiger partial charge < -0.3 is 20.5 Å². The fourth-order valence-electron chi connectivity index (χ4n) is 2.78. The van der Waals surface area contributed by atoms with Crippen LogP contribution >= 0.6 is 0 Å². The first-order valence-electron chi connectivity index (χ1n) is 9.17. The van der Waals surface area contributed by atoms with Crippen molar-refractivity contribution in [1.82, 2.24) is 5.32 Å². The predicted octanol–water partition coefficient (Wildman–Crippen LogP) is 3.50. The van der Waals surface area contributed by atoms with Gasteiger partial charge in [-0.1, -0.05) is 30.3 Å². The lowest BCUT2D eigenvalue weighted by Gasteiger charge is -2.12. The number of carbonyl (C=O) groups is 3. The van der Waals surface area contributed by atoms with Crippen LogP contribution < -0.4 is 15.4 Å². The SMILES string of the molecule is CC(=O)Oc1cccc(C(=O)Nc2ccccc2CNC(=O)c2cccc(O)c2)c1. The van der Waals surface area contributed by atoms with Gasteiger partial charge in [0.15, 0.2) is 0 Å². The number of phenols is 1. The van der Waals surface area contributed by atoms with Gasteiger partial charge in [0.25, 0.3) is 11.8 Å². The summed E-state index contributed by atoms with van der Waals surface area (Å²) in [7, 11) is 0. The van der Waals surface area contributed by atoms with Gasteiger partial charge in [-0.25, -0.2) is 0 Å². The third-order valence-corrected chi connectivity index (χ3v) is 4.17. The van der Waals surface area contributed by atoms with E-state index in [4.69, 9.17) is 4.74 Å². The van der Waals surface area contributed by atoms with E-state index in [2.05, 4.69) is 10.6 Å². The number of ether oxygens (including phenoxy) is 1. The number of amides is 2. The van der Waals surface area contributed by atoms with E-state index in [1.165, 1.54) is 25.1 Å². The van der Waals surface area contributed by atoms with E-state index >= 15 is 0 Å². The minimum absolute atomic E-state index is 0.00583. The maximum absolute atomic E-state index is 12.6. The highest BCUT2D eigenvalue weighted by Gasteiger charge is 2.12. The van der Waals surface area contributed by atoms with Crippen molar-refractivity contribution in [1.29, 1.82) is 0 Å². The summed E-state index contributed by atoms with van der Waals surface area (Å²) < 4.78 is 5.01. The molecule has 0 bridgehead atoms. The summed E-state index contributed by atoms with van der Waals surface area (Å²) in [5.41, 5.74) is 1.90. The third-order valence-electron chi connectivity index (χ3n) is 4.17. The Morgan fingerprint density at radius 3 is 2.30 bits per heavy atom. The van der Waals surface area contributed by atoms with Crippen molar-refractivity contribution in [2.75, 3.05) is 5.32 Å². The van der Waals surface area contributed by atoms with Crippen LogP contribution in [0.3, 0.4) is 0 Å². The zero-order valence-corrected chi connectivity index (χ0v) is 16.2. The summed E-state index contributed by atoms with van der Waals surface area (Å²) in [6.07, 6.45) is 0. The number of anilines is 1. The van der Waals surface area contributed by atoms with Crippen molar-refractivity contribution in [3.63, 3.8) is 0 Å². The Morgan fingerprint density at radius 2 is 1.57 bits per heavy atom. The lowest BCUT2D eigenvalue weighted by atomic mass is 10.1. The molecule has 3 aromatic rings. The molecule has 0 spiro atoms. The molecular formula is C23H20N2O5. The van der Waals surface area contributed by atoms with E-state index < -0.39 is 5.97 Å². The Kier molecular flexibility index (Phi) is 6.44. The van der Waals surface area contributed by atoms with Gasteiger partial charge in [-0.3, -0.25) is 14.4 Å². The number of para-hydroxylation sites is 1. The number of benzene rings is 3. The number of aromatic hydroxyl groups is 1. The predicted molar refractivity (Wildman–Crippen MR) is 111 cm³/mol. The van der Waals surface area contributed by atoms with Crippen LogP contribution in [-0.4, -0.2) is 22.9 Å². The second-order valence-corrected chi connectivity index (χ2v) is 6.47. The monoisotopic (exact) mass is 404 g/mol. The van der Waals surface area contributed by atoms with E-state index in [-0.39, 0.29) is 29.9 Å². The fraction of sp³-hybridized carbons (Fsp3) is 0.0870. The molecule has 3 aromatic carbocycles. The standard InChI is InChI=1S/C23H20N2O5/c1-15(26)30-20-10-5-8-17(13-20)23(29)25-21-11-3-2-6-18(21)14-24-22(28)16-7-4-9-19(27)12-16/h2-13,27H,14H2,1H3,(H,24,28)(H,25,29). The summed E-state index contributed by atoms with van der Waals surface area (Å²) >= 11 is 0. The average molecular weight is 404 g/mol. The van der Waals surface area contributed by atoms with Crippen molar-refractivity contribution in [2.45, 2.75) is 13.5 Å². The molecule has 0 saturated heterocycles. The summed E-state index contributed by atoms with van der Waals surface area (Å²) in [5.74, 6) is -0.912. The van der Waals surface area contributed by atoms with Crippen LogP contribution in [0.4, 0.5) is 5.69 Å². The molecule has 0 aliphatic carbocycles. The molecule has 3 rings (SSSR count). The Balaban J connectivity index is 1.70. The third kappa shape index (κ3) is 5.45. The van der Waals surface area contributed by atoms with Crippen molar-refractivity contribution in [3.8, 4) is 11.5 Å². The largest absolute Gasteiger partial charge is 0.508 e. The summed E-state index contributed by atoms with van der Waals surface area (Å²) in [6.45, 7) is 1.46. The summed E-state index contributed by atoms with van der Waals surface area (Å²) in [4.78, 5) is 36.0. The first-order valence-corrected chi connectivity index (χ1v) is 9.17. The topological polar surface area (TPSA) is 105 Å². The molecule has 0 aromatic heterocycles. The maximum Gasteiger partial charge on any atom is 0.308 e. The number of nitrogens with one attached hydrogen (secondary N) is 2. The van der Waals surface area contributed by atoms with Crippen molar-refractivity contribution in [2.24, 2.45) is 0 Å². The molecule has 0 fully saturated rings. The molecule has 0 aliphatic rings. The molecule has 0 atom stereocenters. The zero-order valence-electron chi connectivity index (χ0n) is 16.2. The fourth-order valence-corrected chi connectivity index (χ4v) is 2.78. The van der Waals surface area contributed by atoms with Gasteiger partial charge in [0, 0.05) is 30.3 Å². The number of carbonyl (C=O) groups excluding carboxylic acids is 3. The van der Waals surface area contributed by atoms with Gasteiger partial charge in [-0.15, -0.1) is 0 Å². The second kappa shape index (κ2) is 9.38. The molecule has 7 nitrogen and oxygen atoms in total. The van der Waals surface area contributed by atoms with E-state index in [1.807, 2.05) is 0 Å². The molecule has 0 radical (unpaired) electrons. The van der Waals surface area contributed by atoms with Gasteiger partial charge in [0.1, 0.15) is 11.5 Å². The van der Waals surface area contributed by atoms with Crippen LogP contribution in [0.2, 0.25) is 0 Å². The number of esters is 1. The minimum Gasteiger partial charge on any atom is -0.508 e. The Morgan fingerprint density at radius 1 is 0.867 bits per heavy atom. The lowest BCUT2D eigenvalue weighted by Crippen LogP contribution is -2.23. The van der Waals surface area contributed by atoms with Crippen LogP contribution in [0.25, 0.3) is 0 Å². The molecule has 0 saturated carbocycles.